The smallest absolute Gasteiger partial charge is 0.410 e. The summed E-state index contributed by atoms with van der Waals surface area (Å²) in [5, 5.41) is 0. The lowest BCUT2D eigenvalue weighted by atomic mass is 10.2. The number of hydrogen-bond donors (Lipinski definition) is 0. The van der Waals surface area contributed by atoms with E-state index < -0.39 is 0 Å². The Morgan fingerprint density at radius 2 is 2.11 bits per heavy atom. The number of nitrogens with zero attached hydrogens (tertiary/aromatic N) is 2. The van der Waals surface area contributed by atoms with Crippen molar-refractivity contribution in [3.8, 4) is 0 Å². The fraction of sp³-hybridized carbons (Fsp3) is 0.286. The van der Waals surface area contributed by atoms with Gasteiger partial charge >= 0.3 is 6.09 Å². The number of amides is 1. The van der Waals surface area contributed by atoms with Crippen molar-refractivity contribution in [3.63, 3.8) is 0 Å². The highest BCUT2D eigenvalue weighted by atomic mass is 16.6. The highest BCUT2D eigenvalue weighted by Gasteiger charge is 2.12. The minimum Gasteiger partial charge on any atom is -0.445 e. The lowest BCUT2D eigenvalue weighted by Gasteiger charge is -2.18. The average molecular weight is 246 g/mol. The first-order chi connectivity index (χ1) is 8.77. The molecule has 0 spiro atoms. The highest BCUT2D eigenvalue weighted by Crippen LogP contribution is 2.03. The monoisotopic (exact) mass is 246 g/mol. The molecule has 0 radical (unpaired) electrons. The van der Waals surface area contributed by atoms with Gasteiger partial charge in [0, 0.05) is 19.8 Å². The molecule has 0 atom stereocenters. The topological polar surface area (TPSA) is 41.9 Å². The molecule has 0 saturated carbocycles. The van der Waals surface area contributed by atoms with Crippen molar-refractivity contribution < 1.29 is 9.53 Å². The molecule has 4 heteroatoms. The summed E-state index contributed by atoms with van der Waals surface area (Å²) in [6.45, 7) is 4.76. The number of carbonyl (C=O) groups excluding carboxylic acids is 1. The number of rotatable bonds is 6. The second-order valence-electron chi connectivity index (χ2n) is 3.67. The van der Waals surface area contributed by atoms with E-state index in [1.54, 1.807) is 19.3 Å². The average Bonchev–Trinajstić information content (AvgIpc) is 2.42. The number of ether oxygens (including phenoxy) is 1. The standard InChI is InChI=1S/C14H18N2O2/c1-3-10-16(11-9-15-2)14(17)18-12-13-7-5-4-6-8-13/h3-9H,1,10-12H2,2H3. The Bertz CT molecular complexity index is 402. The minimum absolute atomic E-state index is 0.274. The lowest BCUT2D eigenvalue weighted by Crippen LogP contribution is -2.33. The summed E-state index contributed by atoms with van der Waals surface area (Å²) in [6, 6.07) is 9.58. The third-order valence-electron chi connectivity index (χ3n) is 2.30. The zero-order chi connectivity index (χ0) is 13.2. The van der Waals surface area contributed by atoms with Crippen LogP contribution in [0.5, 0.6) is 0 Å². The molecule has 0 bridgehead atoms. The fourth-order valence-electron chi connectivity index (χ4n) is 1.37. The molecule has 1 aromatic carbocycles. The molecule has 0 N–H and O–H groups in total. The van der Waals surface area contributed by atoms with Gasteiger partial charge in [0.1, 0.15) is 6.61 Å². The molecule has 96 valence electrons. The maximum absolute atomic E-state index is 11.8. The van der Waals surface area contributed by atoms with Gasteiger partial charge in [-0.25, -0.2) is 4.79 Å². The molecule has 0 saturated heterocycles. The summed E-state index contributed by atoms with van der Waals surface area (Å²) in [5.74, 6) is 0. The molecule has 1 amide bonds. The fourth-order valence-corrected chi connectivity index (χ4v) is 1.37. The maximum Gasteiger partial charge on any atom is 0.410 e. The normalized spacial score (nSPS) is 10.3. The van der Waals surface area contributed by atoms with Crippen LogP contribution in [0.15, 0.2) is 48.0 Å². The second kappa shape index (κ2) is 8.06. The Labute approximate surface area is 108 Å². The van der Waals surface area contributed by atoms with Crippen molar-refractivity contribution in [2.24, 2.45) is 4.99 Å². The van der Waals surface area contributed by atoms with Gasteiger partial charge in [-0.1, -0.05) is 36.4 Å². The predicted octanol–water partition coefficient (Wildman–Crippen LogP) is 2.51. The van der Waals surface area contributed by atoms with Crippen LogP contribution in [0.4, 0.5) is 4.79 Å². The van der Waals surface area contributed by atoms with Gasteiger partial charge in [0.25, 0.3) is 0 Å². The van der Waals surface area contributed by atoms with E-state index in [9.17, 15) is 4.79 Å². The van der Waals surface area contributed by atoms with Crippen LogP contribution in [0.1, 0.15) is 5.56 Å². The summed E-state index contributed by atoms with van der Waals surface area (Å²) < 4.78 is 5.22. The Balaban J connectivity index is 2.48. The van der Waals surface area contributed by atoms with E-state index in [0.717, 1.165) is 5.56 Å². The summed E-state index contributed by atoms with van der Waals surface area (Å²) in [4.78, 5) is 17.2. The second-order valence-corrected chi connectivity index (χ2v) is 3.67. The largest absolute Gasteiger partial charge is 0.445 e. The molecule has 0 aliphatic carbocycles. The SMILES string of the molecule is C=CCN(CC=NC)C(=O)OCc1ccccc1. The molecule has 18 heavy (non-hydrogen) atoms. The van der Waals surface area contributed by atoms with Crippen molar-refractivity contribution in [2.75, 3.05) is 20.1 Å². The van der Waals surface area contributed by atoms with Crippen molar-refractivity contribution in [3.05, 3.63) is 48.6 Å². The van der Waals surface area contributed by atoms with Crippen LogP contribution in [0, 0.1) is 0 Å². The Morgan fingerprint density at radius 1 is 1.39 bits per heavy atom. The number of aliphatic imine (C=N–C) groups is 1. The molecule has 0 fully saturated rings. The zero-order valence-electron chi connectivity index (χ0n) is 10.6. The van der Waals surface area contributed by atoms with Crippen molar-refractivity contribution >= 4 is 12.3 Å². The Hall–Kier alpha value is -2.10. The first kappa shape index (κ1) is 14.0. The minimum atomic E-state index is -0.362. The maximum atomic E-state index is 11.8. The first-order valence-corrected chi connectivity index (χ1v) is 5.75. The van der Waals surface area contributed by atoms with E-state index in [-0.39, 0.29) is 12.7 Å². The van der Waals surface area contributed by atoms with Gasteiger partial charge < -0.3 is 4.74 Å². The molecule has 0 unspecified atom stereocenters. The Morgan fingerprint density at radius 3 is 2.72 bits per heavy atom. The van der Waals surface area contributed by atoms with Crippen LogP contribution in [-0.4, -0.2) is 37.3 Å². The van der Waals surface area contributed by atoms with E-state index in [1.807, 2.05) is 30.3 Å². The molecular formula is C14H18N2O2. The van der Waals surface area contributed by atoms with E-state index in [2.05, 4.69) is 11.6 Å². The summed E-state index contributed by atoms with van der Waals surface area (Å²) in [7, 11) is 1.67. The van der Waals surface area contributed by atoms with Crippen molar-refractivity contribution in [1.82, 2.24) is 4.90 Å². The first-order valence-electron chi connectivity index (χ1n) is 5.75. The van der Waals surface area contributed by atoms with Crippen molar-refractivity contribution in [1.29, 1.82) is 0 Å². The molecule has 0 aliphatic heterocycles. The molecule has 0 aliphatic rings. The predicted molar refractivity (Wildman–Crippen MR) is 72.8 cm³/mol. The van der Waals surface area contributed by atoms with Crippen LogP contribution < -0.4 is 0 Å². The van der Waals surface area contributed by atoms with Crippen LogP contribution in [0.3, 0.4) is 0 Å². The van der Waals surface area contributed by atoms with Crippen LogP contribution in [0.25, 0.3) is 0 Å². The van der Waals surface area contributed by atoms with Crippen molar-refractivity contribution in [2.45, 2.75) is 6.61 Å². The molecule has 4 nitrogen and oxygen atoms in total. The van der Waals surface area contributed by atoms with Gasteiger partial charge in [0.2, 0.25) is 0 Å². The molecular weight excluding hydrogens is 228 g/mol. The van der Waals surface area contributed by atoms with Gasteiger partial charge in [-0.2, -0.15) is 0 Å². The van der Waals surface area contributed by atoms with E-state index >= 15 is 0 Å². The molecule has 0 aromatic heterocycles. The zero-order valence-corrected chi connectivity index (χ0v) is 10.6. The van der Waals surface area contributed by atoms with Gasteiger partial charge in [0.15, 0.2) is 0 Å². The van der Waals surface area contributed by atoms with Gasteiger partial charge in [-0.05, 0) is 5.56 Å². The summed E-state index contributed by atoms with van der Waals surface area (Å²) >= 11 is 0. The Kier molecular flexibility index (Phi) is 6.25. The van der Waals surface area contributed by atoms with Gasteiger partial charge in [-0.15, -0.1) is 6.58 Å². The molecule has 1 aromatic rings. The van der Waals surface area contributed by atoms with E-state index in [4.69, 9.17) is 4.74 Å². The number of hydrogen-bond acceptors (Lipinski definition) is 3. The van der Waals surface area contributed by atoms with Gasteiger partial charge in [0.05, 0.1) is 6.54 Å². The van der Waals surface area contributed by atoms with E-state index in [1.165, 1.54) is 4.90 Å². The van der Waals surface area contributed by atoms with Crippen LogP contribution in [-0.2, 0) is 11.3 Å². The van der Waals surface area contributed by atoms with E-state index in [0.29, 0.717) is 13.1 Å². The van der Waals surface area contributed by atoms with Crippen LogP contribution >= 0.6 is 0 Å². The lowest BCUT2D eigenvalue weighted by molar-refractivity contribution is 0.105. The molecule has 1 rings (SSSR count). The number of benzene rings is 1. The third-order valence-corrected chi connectivity index (χ3v) is 2.30. The molecule has 0 heterocycles. The number of carbonyl (C=O) groups is 1. The third kappa shape index (κ3) is 4.82. The van der Waals surface area contributed by atoms with Gasteiger partial charge in [-0.3, -0.25) is 9.89 Å². The quantitative estimate of drug-likeness (QED) is 0.571. The summed E-state index contributed by atoms with van der Waals surface area (Å²) in [6.07, 6.45) is 2.96. The highest BCUT2D eigenvalue weighted by molar-refractivity contribution is 5.73. The summed E-state index contributed by atoms with van der Waals surface area (Å²) in [5.41, 5.74) is 0.966. The van der Waals surface area contributed by atoms with Crippen LogP contribution in [0.2, 0.25) is 0 Å².